The summed E-state index contributed by atoms with van der Waals surface area (Å²) in [6, 6.07) is 0. The first-order valence-electron chi connectivity index (χ1n) is 5.54. The molecule has 6 heteroatoms. The van der Waals surface area contributed by atoms with Crippen LogP contribution in [0.5, 0.6) is 0 Å². The number of ether oxygens (including phenoxy) is 2. The second kappa shape index (κ2) is 6.56. The maximum absolute atomic E-state index is 9.57. The molecule has 5 nitrogen and oxygen atoms in total. The Bertz CT molecular complexity index is 176. The van der Waals surface area contributed by atoms with Crippen LogP contribution in [-0.2, 0) is 18.8 Å². The number of rotatable bonds is 8. The summed E-state index contributed by atoms with van der Waals surface area (Å²) in [4.78, 5) is 0. The molecule has 0 aromatic heterocycles. The minimum Gasteiger partial charge on any atom is -0.401 e. The first-order valence-corrected chi connectivity index (χ1v) is 5.54. The third-order valence-corrected chi connectivity index (χ3v) is 1.75. The lowest BCUT2D eigenvalue weighted by molar-refractivity contribution is -0.211. The molecule has 0 aromatic rings. The topological polar surface area (TPSA) is 57.2 Å². The van der Waals surface area contributed by atoms with Crippen LogP contribution in [-0.4, -0.2) is 37.1 Å². The zero-order valence-corrected chi connectivity index (χ0v) is 11.1. The van der Waals surface area contributed by atoms with Crippen molar-refractivity contribution in [3.05, 3.63) is 0 Å². The van der Waals surface area contributed by atoms with Crippen LogP contribution in [0.25, 0.3) is 0 Å². The molecule has 1 N–H and O–H groups in total. The van der Waals surface area contributed by atoms with E-state index in [1.54, 1.807) is 27.7 Å². The molecule has 0 unspecified atom stereocenters. The predicted molar refractivity (Wildman–Crippen MR) is 61.6 cm³/mol. The van der Waals surface area contributed by atoms with Gasteiger partial charge in [-0.15, -0.1) is 0 Å². The van der Waals surface area contributed by atoms with E-state index in [4.69, 9.17) is 18.8 Å². The molecule has 96 valence electrons. The predicted octanol–water partition coefficient (Wildman–Crippen LogP) is 1.54. The highest BCUT2D eigenvalue weighted by Crippen LogP contribution is 2.17. The Morgan fingerprint density at radius 1 is 0.875 bits per heavy atom. The summed E-state index contributed by atoms with van der Waals surface area (Å²) in [5.74, 6) is -1.78. The van der Waals surface area contributed by atoms with Gasteiger partial charge in [0.1, 0.15) is 0 Å². The molecule has 0 heterocycles. The van der Waals surface area contributed by atoms with Gasteiger partial charge in [-0.1, -0.05) is 0 Å². The van der Waals surface area contributed by atoms with Crippen molar-refractivity contribution in [3.63, 3.8) is 0 Å². The molecule has 0 aromatic carbocycles. The lowest BCUT2D eigenvalue weighted by Crippen LogP contribution is -2.43. The Labute approximate surface area is 98.2 Å². The Balaban J connectivity index is 4.11. The summed E-state index contributed by atoms with van der Waals surface area (Å²) in [5, 5.41) is 9.57. The Morgan fingerprint density at radius 3 is 1.44 bits per heavy atom. The molecular weight excluding hydrogens is 211 g/mol. The summed E-state index contributed by atoms with van der Waals surface area (Å²) in [7, 11) is -1.39. The van der Waals surface area contributed by atoms with Crippen LogP contribution in [0.2, 0.25) is 0 Å². The summed E-state index contributed by atoms with van der Waals surface area (Å²) in [6.45, 7) is 11.5. The minimum absolute atomic E-state index is 0.495. The van der Waals surface area contributed by atoms with Gasteiger partial charge in [0.15, 0.2) is 11.6 Å². The van der Waals surface area contributed by atoms with E-state index >= 15 is 0 Å². The molecule has 0 radical (unpaired) electrons. The van der Waals surface area contributed by atoms with E-state index in [1.807, 2.05) is 13.8 Å². The minimum atomic E-state index is -1.39. The fraction of sp³-hybridized carbons (Fsp3) is 1.00. The molecule has 0 saturated heterocycles. The van der Waals surface area contributed by atoms with Crippen LogP contribution < -0.4 is 0 Å². The van der Waals surface area contributed by atoms with Gasteiger partial charge in [0.2, 0.25) is 0 Å². The maximum atomic E-state index is 9.57. The average Bonchev–Trinajstić information content (AvgIpc) is 1.99. The molecule has 16 heavy (non-hydrogen) atoms. The fourth-order valence-corrected chi connectivity index (χ4v) is 1.27. The lowest BCUT2D eigenvalue weighted by Gasteiger charge is -2.30. The highest BCUT2D eigenvalue weighted by molar-refractivity contribution is 6.34. The van der Waals surface area contributed by atoms with Gasteiger partial charge in [-0.3, -0.25) is 0 Å². The van der Waals surface area contributed by atoms with Crippen molar-refractivity contribution in [2.24, 2.45) is 0 Å². The van der Waals surface area contributed by atoms with Crippen LogP contribution in [0.3, 0.4) is 0 Å². The van der Waals surface area contributed by atoms with E-state index in [-0.39, 0.29) is 0 Å². The second-order valence-electron chi connectivity index (χ2n) is 4.21. The highest BCUT2D eigenvalue weighted by Gasteiger charge is 2.34. The van der Waals surface area contributed by atoms with Gasteiger partial charge in [0.05, 0.1) is 0 Å². The molecular formula is C10H23BO5. The summed E-state index contributed by atoms with van der Waals surface area (Å²) in [5.41, 5.74) is 0. The molecule has 0 amide bonds. The van der Waals surface area contributed by atoms with Crippen molar-refractivity contribution in [2.75, 3.05) is 13.2 Å². The van der Waals surface area contributed by atoms with Crippen molar-refractivity contribution >= 4 is 7.32 Å². The van der Waals surface area contributed by atoms with Crippen molar-refractivity contribution in [1.29, 1.82) is 0 Å². The number of hydrogen-bond acceptors (Lipinski definition) is 5. The highest BCUT2D eigenvalue weighted by atomic mass is 16.8. The van der Waals surface area contributed by atoms with Gasteiger partial charge in [-0.25, -0.2) is 0 Å². The average molecular weight is 234 g/mol. The molecule has 0 atom stereocenters. The fourth-order valence-electron chi connectivity index (χ4n) is 1.27. The molecule has 0 rings (SSSR count). The third-order valence-electron chi connectivity index (χ3n) is 1.75. The van der Waals surface area contributed by atoms with Crippen LogP contribution in [0, 0.1) is 0 Å². The van der Waals surface area contributed by atoms with E-state index in [1.165, 1.54) is 0 Å². The normalized spacial score (nSPS) is 12.9. The molecule has 0 fully saturated rings. The van der Waals surface area contributed by atoms with Crippen LogP contribution in [0.15, 0.2) is 0 Å². The van der Waals surface area contributed by atoms with Gasteiger partial charge in [0, 0.05) is 13.2 Å². The molecule has 0 aliphatic heterocycles. The van der Waals surface area contributed by atoms with Crippen molar-refractivity contribution in [1.82, 2.24) is 0 Å². The van der Waals surface area contributed by atoms with Gasteiger partial charge in [-0.05, 0) is 41.5 Å². The Hall–Kier alpha value is -0.135. The number of hydrogen-bond donors (Lipinski definition) is 1. The molecule has 0 aliphatic carbocycles. The zero-order valence-electron chi connectivity index (χ0n) is 11.1. The van der Waals surface area contributed by atoms with Crippen molar-refractivity contribution < 1.29 is 23.8 Å². The first-order chi connectivity index (χ1) is 7.22. The van der Waals surface area contributed by atoms with Crippen LogP contribution >= 0.6 is 0 Å². The SMILES string of the molecule is CCOC(C)(C)OB(O)OC(C)(C)OCC. The van der Waals surface area contributed by atoms with Gasteiger partial charge in [-0.2, -0.15) is 0 Å². The van der Waals surface area contributed by atoms with Gasteiger partial charge < -0.3 is 23.8 Å². The molecule has 0 spiro atoms. The molecule has 0 bridgehead atoms. The Morgan fingerprint density at radius 2 is 1.19 bits per heavy atom. The van der Waals surface area contributed by atoms with Crippen LogP contribution in [0.4, 0.5) is 0 Å². The summed E-state index contributed by atoms with van der Waals surface area (Å²) < 4.78 is 20.9. The first kappa shape index (κ1) is 15.9. The smallest absolute Gasteiger partial charge is 0.401 e. The Kier molecular flexibility index (Phi) is 6.51. The van der Waals surface area contributed by atoms with Crippen molar-refractivity contribution in [3.8, 4) is 0 Å². The lowest BCUT2D eigenvalue weighted by atomic mass is 10.2. The summed E-state index contributed by atoms with van der Waals surface area (Å²) >= 11 is 0. The van der Waals surface area contributed by atoms with E-state index < -0.39 is 18.9 Å². The zero-order chi connectivity index (χ0) is 12.8. The van der Waals surface area contributed by atoms with E-state index in [0.29, 0.717) is 13.2 Å². The second-order valence-corrected chi connectivity index (χ2v) is 4.21. The quantitative estimate of drug-likeness (QED) is 0.510. The maximum Gasteiger partial charge on any atom is 0.640 e. The summed E-state index contributed by atoms with van der Waals surface area (Å²) in [6.07, 6.45) is 0. The van der Waals surface area contributed by atoms with Crippen LogP contribution in [0.1, 0.15) is 41.5 Å². The van der Waals surface area contributed by atoms with Gasteiger partial charge in [0.25, 0.3) is 0 Å². The third kappa shape index (κ3) is 7.19. The van der Waals surface area contributed by atoms with E-state index in [2.05, 4.69) is 0 Å². The largest absolute Gasteiger partial charge is 0.640 e. The molecule has 0 saturated carbocycles. The van der Waals surface area contributed by atoms with E-state index in [0.717, 1.165) is 0 Å². The van der Waals surface area contributed by atoms with Gasteiger partial charge >= 0.3 is 7.32 Å². The molecule has 0 aliphatic rings. The standard InChI is InChI=1S/C10H23BO5/c1-7-13-9(3,4)15-11(12)16-10(5,6)14-8-2/h12H,7-8H2,1-6H3. The monoisotopic (exact) mass is 234 g/mol. The van der Waals surface area contributed by atoms with E-state index in [9.17, 15) is 5.02 Å². The van der Waals surface area contributed by atoms with Crippen molar-refractivity contribution in [2.45, 2.75) is 53.1 Å².